The van der Waals surface area contributed by atoms with E-state index in [4.69, 9.17) is 0 Å². The van der Waals surface area contributed by atoms with Crippen LogP contribution in [0.3, 0.4) is 0 Å². The standard InChI is InChI=1S/C11H9BrF3NO2/c12-7-1-6(11(13,14)15)2-8(3-7)16-5-9(17)4-10(16)18/h1-3,9,17H,4-5H2. The number of hydrogen-bond acceptors (Lipinski definition) is 2. The van der Waals surface area contributed by atoms with Crippen molar-refractivity contribution in [3.05, 3.63) is 28.2 Å². The largest absolute Gasteiger partial charge is 0.416 e. The Labute approximate surface area is 109 Å². The average molecular weight is 324 g/mol. The Morgan fingerprint density at radius 2 is 2.00 bits per heavy atom. The summed E-state index contributed by atoms with van der Waals surface area (Å²) in [5.74, 6) is -0.381. The van der Waals surface area contributed by atoms with Crippen molar-refractivity contribution in [1.29, 1.82) is 0 Å². The highest BCUT2D eigenvalue weighted by Crippen LogP contribution is 2.35. The maximum atomic E-state index is 12.6. The van der Waals surface area contributed by atoms with Gasteiger partial charge in [0.15, 0.2) is 0 Å². The number of nitrogens with zero attached hydrogens (tertiary/aromatic N) is 1. The Morgan fingerprint density at radius 1 is 1.33 bits per heavy atom. The minimum Gasteiger partial charge on any atom is -0.391 e. The molecule has 3 nitrogen and oxygen atoms in total. The van der Waals surface area contributed by atoms with Gasteiger partial charge in [0.05, 0.1) is 24.6 Å². The van der Waals surface area contributed by atoms with Gasteiger partial charge in [-0.05, 0) is 18.2 Å². The summed E-state index contributed by atoms with van der Waals surface area (Å²) < 4.78 is 38.1. The molecule has 1 aliphatic rings. The van der Waals surface area contributed by atoms with Crippen LogP contribution in [0, 0.1) is 0 Å². The van der Waals surface area contributed by atoms with E-state index in [1.165, 1.54) is 6.07 Å². The van der Waals surface area contributed by atoms with Gasteiger partial charge < -0.3 is 10.0 Å². The van der Waals surface area contributed by atoms with Gasteiger partial charge in [0, 0.05) is 10.2 Å². The number of carbonyl (C=O) groups excluding carboxylic acids is 1. The molecule has 1 unspecified atom stereocenters. The Morgan fingerprint density at radius 3 is 2.50 bits per heavy atom. The molecule has 7 heteroatoms. The van der Waals surface area contributed by atoms with Crippen LogP contribution < -0.4 is 4.90 Å². The molecule has 1 amide bonds. The van der Waals surface area contributed by atoms with E-state index in [-0.39, 0.29) is 29.0 Å². The van der Waals surface area contributed by atoms with Crippen LogP contribution in [-0.4, -0.2) is 23.7 Å². The number of anilines is 1. The van der Waals surface area contributed by atoms with Crippen LogP contribution in [0.2, 0.25) is 0 Å². The summed E-state index contributed by atoms with van der Waals surface area (Å²) in [6.07, 6.45) is -5.36. The number of amides is 1. The number of aliphatic hydroxyl groups excluding tert-OH is 1. The number of halogens is 4. The van der Waals surface area contributed by atoms with Crippen LogP contribution >= 0.6 is 15.9 Å². The predicted molar refractivity (Wildman–Crippen MR) is 62.1 cm³/mol. The fourth-order valence-corrected chi connectivity index (χ4v) is 2.31. The predicted octanol–water partition coefficient (Wildman–Crippen LogP) is 2.57. The molecule has 0 radical (unpaired) electrons. The van der Waals surface area contributed by atoms with Gasteiger partial charge in [0.25, 0.3) is 0 Å². The molecular formula is C11H9BrF3NO2. The topological polar surface area (TPSA) is 40.5 Å². The average Bonchev–Trinajstić information content (AvgIpc) is 2.55. The highest BCUT2D eigenvalue weighted by Gasteiger charge is 2.34. The molecule has 0 spiro atoms. The zero-order valence-corrected chi connectivity index (χ0v) is 10.6. The molecule has 1 heterocycles. The van der Waals surface area contributed by atoms with E-state index < -0.39 is 17.8 Å². The number of alkyl halides is 3. The summed E-state index contributed by atoms with van der Waals surface area (Å²) in [4.78, 5) is 12.7. The van der Waals surface area contributed by atoms with E-state index in [1.807, 2.05) is 0 Å². The van der Waals surface area contributed by atoms with Crippen molar-refractivity contribution in [3.8, 4) is 0 Å². The number of benzene rings is 1. The molecule has 1 aromatic rings. The first-order valence-corrected chi connectivity index (χ1v) is 5.93. The maximum absolute atomic E-state index is 12.6. The normalized spacial score (nSPS) is 20.6. The van der Waals surface area contributed by atoms with Gasteiger partial charge in [-0.1, -0.05) is 15.9 Å². The lowest BCUT2D eigenvalue weighted by molar-refractivity contribution is -0.137. The number of β-amino-alcohol motifs (C(OH)–C–C–N with tert-alkyl or cyclic N) is 1. The third-order valence-electron chi connectivity index (χ3n) is 2.63. The van der Waals surface area contributed by atoms with Gasteiger partial charge >= 0.3 is 6.18 Å². The molecule has 2 rings (SSSR count). The third kappa shape index (κ3) is 2.67. The lowest BCUT2D eigenvalue weighted by atomic mass is 10.2. The lowest BCUT2D eigenvalue weighted by Crippen LogP contribution is -2.25. The third-order valence-corrected chi connectivity index (χ3v) is 3.08. The van der Waals surface area contributed by atoms with Gasteiger partial charge in [-0.3, -0.25) is 4.79 Å². The van der Waals surface area contributed by atoms with Crippen molar-refractivity contribution in [2.75, 3.05) is 11.4 Å². The van der Waals surface area contributed by atoms with Gasteiger partial charge in [0.1, 0.15) is 0 Å². The molecular weight excluding hydrogens is 315 g/mol. The molecule has 0 aliphatic carbocycles. The van der Waals surface area contributed by atoms with Crippen LogP contribution in [0.4, 0.5) is 18.9 Å². The van der Waals surface area contributed by atoms with Gasteiger partial charge in [-0.25, -0.2) is 0 Å². The molecule has 1 atom stereocenters. The summed E-state index contributed by atoms with van der Waals surface area (Å²) >= 11 is 2.99. The Bertz CT molecular complexity index is 490. The van der Waals surface area contributed by atoms with Gasteiger partial charge in [-0.15, -0.1) is 0 Å². The monoisotopic (exact) mass is 323 g/mol. The minimum atomic E-state index is -4.47. The van der Waals surface area contributed by atoms with Crippen LogP contribution in [0.15, 0.2) is 22.7 Å². The first kappa shape index (κ1) is 13.4. The maximum Gasteiger partial charge on any atom is 0.416 e. The van der Waals surface area contributed by atoms with Crippen molar-refractivity contribution in [3.63, 3.8) is 0 Å². The summed E-state index contributed by atoms with van der Waals surface area (Å²) in [6, 6.07) is 3.27. The van der Waals surface area contributed by atoms with Crippen molar-refractivity contribution >= 4 is 27.5 Å². The second-order valence-corrected chi connectivity index (χ2v) is 4.97. The summed E-state index contributed by atoms with van der Waals surface area (Å²) in [5.41, 5.74) is -0.695. The van der Waals surface area contributed by atoms with E-state index in [0.29, 0.717) is 0 Å². The van der Waals surface area contributed by atoms with E-state index in [9.17, 15) is 23.1 Å². The fourth-order valence-electron chi connectivity index (χ4n) is 1.83. The number of hydrogen-bond donors (Lipinski definition) is 1. The molecule has 18 heavy (non-hydrogen) atoms. The second-order valence-electron chi connectivity index (χ2n) is 4.06. The zero-order chi connectivity index (χ0) is 13.5. The second kappa shape index (κ2) is 4.55. The smallest absolute Gasteiger partial charge is 0.391 e. The quantitative estimate of drug-likeness (QED) is 0.863. The van der Waals surface area contributed by atoms with Crippen molar-refractivity contribution in [1.82, 2.24) is 0 Å². The summed E-state index contributed by atoms with van der Waals surface area (Å²) in [6.45, 7) is 0.0204. The van der Waals surface area contributed by atoms with Crippen LogP contribution in [0.25, 0.3) is 0 Å². The van der Waals surface area contributed by atoms with Crippen LogP contribution in [0.1, 0.15) is 12.0 Å². The van der Waals surface area contributed by atoms with Crippen molar-refractivity contribution in [2.24, 2.45) is 0 Å². The highest BCUT2D eigenvalue weighted by atomic mass is 79.9. The van der Waals surface area contributed by atoms with Crippen molar-refractivity contribution in [2.45, 2.75) is 18.7 Å². The summed E-state index contributed by atoms with van der Waals surface area (Å²) in [7, 11) is 0. The van der Waals surface area contributed by atoms with Crippen LogP contribution in [0.5, 0.6) is 0 Å². The van der Waals surface area contributed by atoms with E-state index in [2.05, 4.69) is 15.9 Å². The molecule has 0 aromatic heterocycles. The zero-order valence-electron chi connectivity index (χ0n) is 9.04. The van der Waals surface area contributed by atoms with E-state index >= 15 is 0 Å². The lowest BCUT2D eigenvalue weighted by Gasteiger charge is -2.18. The van der Waals surface area contributed by atoms with Crippen LogP contribution in [-0.2, 0) is 11.0 Å². The van der Waals surface area contributed by atoms with Gasteiger partial charge in [-0.2, -0.15) is 13.2 Å². The Balaban J connectivity index is 2.40. The molecule has 1 aliphatic heterocycles. The van der Waals surface area contributed by atoms with E-state index in [0.717, 1.165) is 17.0 Å². The molecule has 1 N–H and O–H groups in total. The molecule has 0 saturated carbocycles. The number of carbonyl (C=O) groups is 1. The first-order chi connectivity index (χ1) is 8.27. The molecule has 98 valence electrons. The molecule has 1 fully saturated rings. The SMILES string of the molecule is O=C1CC(O)CN1c1cc(Br)cc(C(F)(F)F)c1. The molecule has 1 saturated heterocycles. The summed E-state index contributed by atoms with van der Waals surface area (Å²) in [5, 5.41) is 9.33. The Kier molecular flexibility index (Phi) is 3.37. The molecule has 1 aromatic carbocycles. The van der Waals surface area contributed by atoms with E-state index in [1.54, 1.807) is 0 Å². The number of aliphatic hydroxyl groups is 1. The number of rotatable bonds is 1. The Hall–Kier alpha value is -1.08. The fraction of sp³-hybridized carbons (Fsp3) is 0.364. The first-order valence-electron chi connectivity index (χ1n) is 5.13. The minimum absolute atomic E-state index is 0.0204. The van der Waals surface area contributed by atoms with Crippen molar-refractivity contribution < 1.29 is 23.1 Å². The highest BCUT2D eigenvalue weighted by molar-refractivity contribution is 9.10. The van der Waals surface area contributed by atoms with Gasteiger partial charge in [0.2, 0.25) is 5.91 Å². The molecule has 0 bridgehead atoms.